The lowest BCUT2D eigenvalue weighted by Gasteiger charge is -2.58. The molecule has 4 aliphatic rings. The molecule has 0 aromatic heterocycles. The van der Waals surface area contributed by atoms with Gasteiger partial charge < -0.3 is 9.84 Å². The van der Waals surface area contributed by atoms with E-state index in [0.29, 0.717) is 12.2 Å². The Labute approximate surface area is 102 Å². The molecule has 2 bridgehead atoms. The number of carbonyl (C=O) groups excluding carboxylic acids is 1. The van der Waals surface area contributed by atoms with E-state index in [4.69, 9.17) is 4.74 Å². The Balaban J connectivity index is 1.88. The van der Waals surface area contributed by atoms with Crippen molar-refractivity contribution in [3.63, 3.8) is 0 Å². The Hall–Kier alpha value is -0.410. The van der Waals surface area contributed by atoms with Crippen molar-refractivity contribution in [2.45, 2.75) is 63.3 Å². The van der Waals surface area contributed by atoms with E-state index in [0.717, 1.165) is 25.7 Å². The third-order valence-corrected chi connectivity index (χ3v) is 6.53. The Morgan fingerprint density at radius 3 is 2.65 bits per heavy atom. The number of hydrogen-bond acceptors (Lipinski definition) is 3. The molecule has 0 radical (unpaired) electrons. The topological polar surface area (TPSA) is 46.5 Å². The molecule has 2 saturated carbocycles. The lowest BCUT2D eigenvalue weighted by molar-refractivity contribution is -0.174. The Bertz CT molecular complexity index is 410. The molecule has 2 aliphatic carbocycles. The van der Waals surface area contributed by atoms with Gasteiger partial charge in [0.1, 0.15) is 5.78 Å². The summed E-state index contributed by atoms with van der Waals surface area (Å²) < 4.78 is 6.20. The van der Waals surface area contributed by atoms with Crippen LogP contribution in [0.3, 0.4) is 0 Å². The number of carbonyl (C=O) groups is 1. The first-order valence-electron chi connectivity index (χ1n) is 6.87. The Morgan fingerprint density at radius 2 is 2.06 bits per heavy atom. The third kappa shape index (κ3) is 0.811. The second-order valence-corrected chi connectivity index (χ2v) is 6.88. The van der Waals surface area contributed by atoms with E-state index >= 15 is 0 Å². The molecule has 17 heavy (non-hydrogen) atoms. The van der Waals surface area contributed by atoms with Crippen LogP contribution in [0.25, 0.3) is 0 Å². The SMILES string of the molecule is C[C@]1(O)[C@@H]2O[C@@](C)([C@H]3C(=O)CC[C@@H]23)C12CCC2. The Kier molecular flexibility index (Phi) is 1.62. The molecule has 1 spiro atoms. The van der Waals surface area contributed by atoms with Crippen molar-refractivity contribution in [1.82, 2.24) is 0 Å². The molecule has 4 fully saturated rings. The van der Waals surface area contributed by atoms with Gasteiger partial charge in [0.2, 0.25) is 0 Å². The summed E-state index contributed by atoms with van der Waals surface area (Å²) >= 11 is 0. The fourth-order valence-electron chi connectivity index (χ4n) is 5.59. The van der Waals surface area contributed by atoms with Gasteiger partial charge in [0.05, 0.1) is 23.2 Å². The van der Waals surface area contributed by atoms with Crippen LogP contribution in [0.2, 0.25) is 0 Å². The maximum absolute atomic E-state index is 12.1. The van der Waals surface area contributed by atoms with Gasteiger partial charge in [-0.2, -0.15) is 0 Å². The predicted octanol–water partition coefficient (Wildman–Crippen LogP) is 1.67. The summed E-state index contributed by atoms with van der Waals surface area (Å²) in [7, 11) is 0. The molecular weight excluding hydrogens is 216 g/mol. The summed E-state index contributed by atoms with van der Waals surface area (Å²) in [6.45, 7) is 4.04. The highest BCUT2D eigenvalue weighted by Crippen LogP contribution is 2.73. The van der Waals surface area contributed by atoms with E-state index in [1.165, 1.54) is 0 Å². The lowest BCUT2D eigenvalue weighted by atomic mass is 9.45. The first-order chi connectivity index (χ1) is 7.94. The molecule has 2 heterocycles. The zero-order valence-electron chi connectivity index (χ0n) is 10.5. The van der Waals surface area contributed by atoms with Gasteiger partial charge in [-0.15, -0.1) is 0 Å². The van der Waals surface area contributed by atoms with Crippen LogP contribution in [0.5, 0.6) is 0 Å². The van der Waals surface area contributed by atoms with E-state index in [2.05, 4.69) is 6.92 Å². The minimum atomic E-state index is -0.730. The molecular formula is C14H20O3. The van der Waals surface area contributed by atoms with Gasteiger partial charge in [-0.1, -0.05) is 6.42 Å². The van der Waals surface area contributed by atoms with Gasteiger partial charge >= 0.3 is 0 Å². The number of Topliss-reactive ketones (excluding diaryl/α,β-unsaturated/α-hetero) is 1. The molecule has 0 unspecified atom stereocenters. The van der Waals surface area contributed by atoms with Gasteiger partial charge in [0, 0.05) is 17.8 Å². The molecule has 1 N–H and O–H groups in total. The normalized spacial score (nSPS) is 58.5. The second kappa shape index (κ2) is 2.62. The summed E-state index contributed by atoms with van der Waals surface area (Å²) in [5.74, 6) is 0.712. The summed E-state index contributed by atoms with van der Waals surface area (Å²) in [4.78, 5) is 12.1. The van der Waals surface area contributed by atoms with Gasteiger partial charge in [-0.25, -0.2) is 0 Å². The van der Waals surface area contributed by atoms with E-state index in [9.17, 15) is 9.90 Å². The first kappa shape index (κ1) is 10.5. The van der Waals surface area contributed by atoms with Gasteiger partial charge in [0.15, 0.2) is 0 Å². The molecule has 0 aromatic carbocycles. The molecule has 3 nitrogen and oxygen atoms in total. The number of ketones is 1. The zero-order chi connectivity index (χ0) is 12.1. The van der Waals surface area contributed by atoms with E-state index < -0.39 is 11.2 Å². The van der Waals surface area contributed by atoms with Crippen molar-refractivity contribution in [3.8, 4) is 0 Å². The largest absolute Gasteiger partial charge is 0.387 e. The average Bonchev–Trinajstić information content (AvgIpc) is 2.70. The van der Waals surface area contributed by atoms with E-state index in [1.807, 2.05) is 6.92 Å². The predicted molar refractivity (Wildman–Crippen MR) is 61.4 cm³/mol. The first-order valence-corrected chi connectivity index (χ1v) is 6.87. The van der Waals surface area contributed by atoms with Gasteiger partial charge in [0.25, 0.3) is 0 Å². The molecule has 0 aromatic rings. The number of hydrogen-bond donors (Lipinski definition) is 1. The maximum atomic E-state index is 12.1. The fourth-order valence-corrected chi connectivity index (χ4v) is 5.59. The zero-order valence-corrected chi connectivity index (χ0v) is 10.5. The van der Waals surface area contributed by atoms with Gasteiger partial charge in [-0.05, 0) is 33.1 Å². The van der Waals surface area contributed by atoms with Crippen molar-refractivity contribution in [1.29, 1.82) is 0 Å². The smallest absolute Gasteiger partial charge is 0.139 e. The highest BCUT2D eigenvalue weighted by Gasteiger charge is 2.81. The second-order valence-electron chi connectivity index (χ2n) is 6.88. The minimum absolute atomic E-state index is 0.0630. The standard InChI is InChI=1S/C14H20O3/c1-12(16)11-8-4-5-9(15)10(8)13(2,17-11)14(12)6-3-7-14/h8,10-11,16H,3-7H2,1-2H3/t8-,10-,11-,12+,13+/m1/s1. The third-order valence-electron chi connectivity index (χ3n) is 6.53. The summed E-state index contributed by atoms with van der Waals surface area (Å²) in [6, 6.07) is 0. The molecule has 2 aliphatic heterocycles. The van der Waals surface area contributed by atoms with Crippen LogP contribution in [0.4, 0.5) is 0 Å². The maximum Gasteiger partial charge on any atom is 0.139 e. The number of ether oxygens (including phenoxy) is 1. The average molecular weight is 236 g/mol. The monoisotopic (exact) mass is 236 g/mol. The molecule has 2 saturated heterocycles. The number of aliphatic hydroxyl groups is 1. The van der Waals surface area contributed by atoms with Crippen molar-refractivity contribution < 1.29 is 14.6 Å². The highest BCUT2D eigenvalue weighted by atomic mass is 16.5. The van der Waals surface area contributed by atoms with Crippen molar-refractivity contribution >= 4 is 5.78 Å². The quantitative estimate of drug-likeness (QED) is 0.696. The van der Waals surface area contributed by atoms with Crippen LogP contribution in [0.15, 0.2) is 0 Å². The number of fused-ring (bicyclic) bond motifs is 6. The molecule has 5 atom stereocenters. The molecule has 4 rings (SSSR count). The van der Waals surface area contributed by atoms with E-state index in [1.54, 1.807) is 0 Å². The Morgan fingerprint density at radius 1 is 1.35 bits per heavy atom. The van der Waals surface area contributed by atoms with Crippen LogP contribution in [0, 0.1) is 17.3 Å². The van der Waals surface area contributed by atoms with Crippen molar-refractivity contribution in [3.05, 3.63) is 0 Å². The molecule has 3 heteroatoms. The van der Waals surface area contributed by atoms with Crippen molar-refractivity contribution in [2.24, 2.45) is 17.3 Å². The van der Waals surface area contributed by atoms with Crippen LogP contribution in [-0.2, 0) is 9.53 Å². The summed E-state index contributed by atoms with van der Waals surface area (Å²) in [6.07, 6.45) is 4.69. The van der Waals surface area contributed by atoms with Crippen LogP contribution < -0.4 is 0 Å². The summed E-state index contributed by atoms with van der Waals surface area (Å²) in [5.41, 5.74) is -1.27. The van der Waals surface area contributed by atoms with E-state index in [-0.39, 0.29) is 23.4 Å². The molecule has 0 amide bonds. The van der Waals surface area contributed by atoms with Crippen LogP contribution >= 0.6 is 0 Å². The number of rotatable bonds is 0. The van der Waals surface area contributed by atoms with Crippen LogP contribution in [-0.4, -0.2) is 28.2 Å². The van der Waals surface area contributed by atoms with Crippen molar-refractivity contribution in [2.75, 3.05) is 0 Å². The highest BCUT2D eigenvalue weighted by molar-refractivity contribution is 5.86. The lowest BCUT2D eigenvalue weighted by Crippen LogP contribution is -2.66. The minimum Gasteiger partial charge on any atom is -0.387 e. The van der Waals surface area contributed by atoms with Crippen LogP contribution in [0.1, 0.15) is 46.0 Å². The van der Waals surface area contributed by atoms with Gasteiger partial charge in [-0.3, -0.25) is 4.79 Å². The molecule has 94 valence electrons. The summed E-state index contributed by atoms with van der Waals surface area (Å²) in [5, 5.41) is 10.9. The fraction of sp³-hybridized carbons (Fsp3) is 0.929.